The van der Waals surface area contributed by atoms with Crippen LogP contribution in [-0.2, 0) is 0 Å². The summed E-state index contributed by atoms with van der Waals surface area (Å²) < 4.78 is 0. The van der Waals surface area contributed by atoms with Gasteiger partial charge in [-0.1, -0.05) is 35.9 Å². The summed E-state index contributed by atoms with van der Waals surface area (Å²) in [5.41, 5.74) is 4.01. The van der Waals surface area contributed by atoms with E-state index in [9.17, 15) is 4.79 Å². The van der Waals surface area contributed by atoms with E-state index in [4.69, 9.17) is 11.6 Å². The van der Waals surface area contributed by atoms with Crippen molar-refractivity contribution in [2.75, 3.05) is 23.3 Å². The molecule has 2 amide bonds. The molecule has 0 bridgehead atoms. The van der Waals surface area contributed by atoms with E-state index in [1.54, 1.807) is 0 Å². The topological polar surface area (TPSA) is 44.4 Å². The normalized spacial score (nSPS) is 15.1. The second kappa shape index (κ2) is 7.79. The highest BCUT2D eigenvalue weighted by atomic mass is 35.5. The van der Waals surface area contributed by atoms with Gasteiger partial charge < -0.3 is 15.5 Å². The molecule has 0 radical (unpaired) electrons. The number of nitrogens with one attached hydrogen (secondary N) is 2. The van der Waals surface area contributed by atoms with Gasteiger partial charge in [-0.15, -0.1) is 0 Å². The van der Waals surface area contributed by atoms with Gasteiger partial charge in [0.1, 0.15) is 0 Å². The van der Waals surface area contributed by atoms with E-state index in [0.717, 1.165) is 29.9 Å². The van der Waals surface area contributed by atoms with Crippen LogP contribution >= 0.6 is 11.6 Å². The number of carbonyl (C=O) groups excluding carboxylic acids is 1. The summed E-state index contributed by atoms with van der Waals surface area (Å²) in [4.78, 5) is 14.6. The zero-order chi connectivity index (χ0) is 17.8. The third kappa shape index (κ3) is 4.26. The molecular formula is C20H24ClN3O. The van der Waals surface area contributed by atoms with Crippen molar-refractivity contribution in [2.45, 2.75) is 32.7 Å². The van der Waals surface area contributed by atoms with Gasteiger partial charge in [-0.2, -0.15) is 0 Å². The number of hydrogen-bond acceptors (Lipinski definition) is 2. The van der Waals surface area contributed by atoms with Crippen LogP contribution in [0.4, 0.5) is 16.2 Å². The first-order valence-electron chi connectivity index (χ1n) is 8.72. The Morgan fingerprint density at radius 1 is 1.16 bits per heavy atom. The van der Waals surface area contributed by atoms with Gasteiger partial charge in [-0.3, -0.25) is 0 Å². The number of nitrogens with zero attached hydrogens (tertiary/aromatic N) is 1. The monoisotopic (exact) mass is 357 g/mol. The van der Waals surface area contributed by atoms with Gasteiger partial charge in [0.15, 0.2) is 0 Å². The van der Waals surface area contributed by atoms with Gasteiger partial charge in [0.05, 0.1) is 16.8 Å². The van der Waals surface area contributed by atoms with E-state index in [-0.39, 0.29) is 12.1 Å². The van der Waals surface area contributed by atoms with Gasteiger partial charge in [0.25, 0.3) is 0 Å². The summed E-state index contributed by atoms with van der Waals surface area (Å²) in [6.45, 7) is 6.11. The van der Waals surface area contributed by atoms with Crippen LogP contribution in [0, 0.1) is 6.92 Å². The fourth-order valence-electron chi connectivity index (χ4n) is 3.31. The van der Waals surface area contributed by atoms with E-state index < -0.39 is 0 Å². The van der Waals surface area contributed by atoms with Crippen molar-refractivity contribution in [3.8, 4) is 0 Å². The number of halogens is 1. The molecule has 3 rings (SSSR count). The third-order valence-electron chi connectivity index (χ3n) is 4.65. The molecule has 1 aliphatic heterocycles. The van der Waals surface area contributed by atoms with Crippen LogP contribution in [0.1, 0.15) is 36.9 Å². The van der Waals surface area contributed by atoms with Gasteiger partial charge in [-0.25, -0.2) is 4.79 Å². The molecule has 1 unspecified atom stereocenters. The molecule has 4 nitrogen and oxygen atoms in total. The third-order valence-corrected chi connectivity index (χ3v) is 4.96. The Hall–Kier alpha value is -2.20. The molecule has 0 saturated carbocycles. The second-order valence-corrected chi connectivity index (χ2v) is 6.94. The molecule has 1 aliphatic rings. The van der Waals surface area contributed by atoms with E-state index in [2.05, 4.69) is 15.5 Å². The molecule has 1 fully saturated rings. The number of anilines is 2. The second-order valence-electron chi connectivity index (χ2n) is 6.54. The molecule has 132 valence electrons. The molecule has 1 saturated heterocycles. The van der Waals surface area contributed by atoms with E-state index in [1.807, 2.05) is 56.3 Å². The highest BCUT2D eigenvalue weighted by Gasteiger charge is 2.16. The van der Waals surface area contributed by atoms with Crippen molar-refractivity contribution < 1.29 is 4.79 Å². The summed E-state index contributed by atoms with van der Waals surface area (Å²) >= 11 is 6.40. The van der Waals surface area contributed by atoms with E-state index >= 15 is 0 Å². The van der Waals surface area contributed by atoms with Crippen molar-refractivity contribution in [1.82, 2.24) is 5.32 Å². The maximum Gasteiger partial charge on any atom is 0.319 e. The first kappa shape index (κ1) is 17.6. The fourth-order valence-corrected chi connectivity index (χ4v) is 3.61. The Balaban J connectivity index is 1.63. The number of benzene rings is 2. The van der Waals surface area contributed by atoms with Crippen LogP contribution in [0.5, 0.6) is 0 Å². The van der Waals surface area contributed by atoms with E-state index in [0.29, 0.717) is 10.7 Å². The van der Waals surface area contributed by atoms with E-state index in [1.165, 1.54) is 12.8 Å². The van der Waals surface area contributed by atoms with Crippen LogP contribution in [0.3, 0.4) is 0 Å². The highest BCUT2D eigenvalue weighted by molar-refractivity contribution is 6.33. The van der Waals surface area contributed by atoms with Gasteiger partial charge in [0.2, 0.25) is 0 Å². The number of carbonyl (C=O) groups is 1. The van der Waals surface area contributed by atoms with Crippen LogP contribution < -0.4 is 15.5 Å². The van der Waals surface area contributed by atoms with Crippen molar-refractivity contribution >= 4 is 29.0 Å². The molecule has 0 spiro atoms. The predicted molar refractivity (Wildman–Crippen MR) is 105 cm³/mol. The lowest BCUT2D eigenvalue weighted by Gasteiger charge is -2.20. The summed E-state index contributed by atoms with van der Waals surface area (Å²) in [5.74, 6) is 0. The highest BCUT2D eigenvalue weighted by Crippen LogP contribution is 2.31. The Kier molecular flexibility index (Phi) is 5.49. The van der Waals surface area contributed by atoms with Crippen molar-refractivity contribution in [3.05, 3.63) is 58.6 Å². The van der Waals surface area contributed by atoms with Crippen LogP contribution in [-0.4, -0.2) is 19.1 Å². The summed E-state index contributed by atoms with van der Waals surface area (Å²) in [7, 11) is 0. The number of aryl methyl sites for hydroxylation is 1. The lowest BCUT2D eigenvalue weighted by molar-refractivity contribution is 0.249. The lowest BCUT2D eigenvalue weighted by atomic mass is 10.0. The number of amides is 2. The Labute approximate surface area is 154 Å². The van der Waals surface area contributed by atoms with Crippen LogP contribution in [0.25, 0.3) is 0 Å². The Morgan fingerprint density at radius 2 is 1.88 bits per heavy atom. The molecule has 2 N–H and O–H groups in total. The van der Waals surface area contributed by atoms with Crippen molar-refractivity contribution in [2.24, 2.45) is 0 Å². The minimum atomic E-state index is -0.235. The lowest BCUT2D eigenvalue weighted by Crippen LogP contribution is -2.31. The SMILES string of the molecule is Cc1ccccc1C(C)NC(=O)Nc1ccc(N2CCCC2)c(Cl)c1. The standard InChI is InChI=1S/C20H24ClN3O/c1-14-7-3-4-8-17(14)15(2)22-20(25)23-16-9-10-19(18(21)13-16)24-11-5-6-12-24/h3-4,7-10,13,15H,5-6,11-12H2,1-2H3,(H2,22,23,25). The number of hydrogen-bond donors (Lipinski definition) is 2. The zero-order valence-corrected chi connectivity index (χ0v) is 15.4. The minimum Gasteiger partial charge on any atom is -0.370 e. The molecule has 5 heteroatoms. The first-order valence-corrected chi connectivity index (χ1v) is 9.10. The number of rotatable bonds is 4. The number of urea groups is 1. The Morgan fingerprint density at radius 3 is 2.56 bits per heavy atom. The fraction of sp³-hybridized carbons (Fsp3) is 0.350. The first-order chi connectivity index (χ1) is 12.0. The molecular weight excluding hydrogens is 334 g/mol. The Bertz CT molecular complexity index is 756. The molecule has 0 aromatic heterocycles. The smallest absolute Gasteiger partial charge is 0.319 e. The average molecular weight is 358 g/mol. The molecule has 2 aromatic carbocycles. The molecule has 0 aliphatic carbocycles. The van der Waals surface area contributed by atoms with Crippen molar-refractivity contribution in [3.63, 3.8) is 0 Å². The molecule has 2 aromatic rings. The predicted octanol–water partition coefficient (Wildman–Crippen LogP) is 5.13. The minimum absolute atomic E-state index is 0.0689. The molecule has 1 atom stereocenters. The maximum atomic E-state index is 12.3. The van der Waals surface area contributed by atoms with Gasteiger partial charge in [-0.05, 0) is 56.0 Å². The summed E-state index contributed by atoms with van der Waals surface area (Å²) in [6.07, 6.45) is 2.41. The quantitative estimate of drug-likeness (QED) is 0.796. The van der Waals surface area contributed by atoms with Crippen molar-refractivity contribution in [1.29, 1.82) is 0 Å². The van der Waals surface area contributed by atoms with Gasteiger partial charge in [0, 0.05) is 18.8 Å². The zero-order valence-electron chi connectivity index (χ0n) is 14.7. The average Bonchev–Trinajstić information content (AvgIpc) is 3.09. The largest absolute Gasteiger partial charge is 0.370 e. The summed E-state index contributed by atoms with van der Waals surface area (Å²) in [6, 6.07) is 13.4. The maximum absolute atomic E-state index is 12.3. The molecule has 1 heterocycles. The van der Waals surface area contributed by atoms with Gasteiger partial charge >= 0.3 is 6.03 Å². The molecule has 25 heavy (non-hydrogen) atoms. The van der Waals surface area contributed by atoms with Crippen LogP contribution in [0.15, 0.2) is 42.5 Å². The summed E-state index contributed by atoms with van der Waals surface area (Å²) in [5, 5.41) is 6.51. The van der Waals surface area contributed by atoms with Crippen LogP contribution in [0.2, 0.25) is 5.02 Å².